The number of carbonyl (C=O) groups is 1. The lowest BCUT2D eigenvalue weighted by molar-refractivity contribution is 0.101. The van der Waals surface area contributed by atoms with Crippen LogP contribution in [-0.2, 0) is 0 Å². The van der Waals surface area contributed by atoms with Gasteiger partial charge >= 0.3 is 0 Å². The Labute approximate surface area is 102 Å². The number of nitrogens with zero attached hydrogens (tertiary/aromatic N) is 1. The van der Waals surface area contributed by atoms with E-state index in [1.165, 1.54) is 6.92 Å². The van der Waals surface area contributed by atoms with Gasteiger partial charge in [-0.15, -0.1) is 0 Å². The van der Waals surface area contributed by atoms with Crippen molar-refractivity contribution in [2.24, 2.45) is 0 Å². The predicted molar refractivity (Wildman–Crippen MR) is 66.5 cm³/mol. The summed E-state index contributed by atoms with van der Waals surface area (Å²) in [4.78, 5) is 18.7. The van der Waals surface area contributed by atoms with Gasteiger partial charge in [-0.25, -0.2) is 4.98 Å². The summed E-state index contributed by atoms with van der Waals surface area (Å²) in [5, 5.41) is 0. The van der Waals surface area contributed by atoms with Gasteiger partial charge in [-0.3, -0.25) is 4.79 Å². The van der Waals surface area contributed by atoms with Gasteiger partial charge in [0.05, 0.1) is 0 Å². The molecule has 1 heterocycles. The van der Waals surface area contributed by atoms with E-state index >= 15 is 0 Å². The van der Waals surface area contributed by atoms with Crippen LogP contribution >= 0.6 is 15.9 Å². The first kappa shape index (κ1) is 11.1. The number of nitrogens with one attached hydrogen (secondary N) is 1. The van der Waals surface area contributed by atoms with Gasteiger partial charge in [0.25, 0.3) is 0 Å². The maximum atomic E-state index is 11.3. The molecule has 0 saturated carbocycles. The van der Waals surface area contributed by atoms with Gasteiger partial charge in [0.1, 0.15) is 11.5 Å². The molecule has 1 aromatic carbocycles. The third-order valence-electron chi connectivity index (χ3n) is 2.32. The number of aryl methyl sites for hydroxylation is 1. The van der Waals surface area contributed by atoms with Crippen LogP contribution < -0.4 is 0 Å². The van der Waals surface area contributed by atoms with Crippen LogP contribution in [0.5, 0.6) is 0 Å². The van der Waals surface area contributed by atoms with E-state index in [0.29, 0.717) is 5.69 Å². The van der Waals surface area contributed by atoms with Gasteiger partial charge in [-0.1, -0.05) is 28.1 Å². The van der Waals surface area contributed by atoms with Crippen molar-refractivity contribution in [2.45, 2.75) is 13.8 Å². The minimum atomic E-state index is -0.0185. The summed E-state index contributed by atoms with van der Waals surface area (Å²) < 4.78 is 0.989. The number of Topliss-reactive ketones (excluding diaryl/α,β-unsaturated/α-hetero) is 1. The Bertz CT molecular complexity index is 546. The molecule has 0 radical (unpaired) electrons. The Balaban J connectivity index is 2.49. The number of aromatic nitrogens is 2. The van der Waals surface area contributed by atoms with Gasteiger partial charge in [0.2, 0.25) is 0 Å². The fraction of sp³-hybridized carbons (Fsp3) is 0.167. The first-order chi connectivity index (χ1) is 7.58. The van der Waals surface area contributed by atoms with Crippen LogP contribution in [0.4, 0.5) is 0 Å². The molecule has 0 amide bonds. The highest BCUT2D eigenvalue weighted by Gasteiger charge is 2.11. The Hall–Kier alpha value is -1.42. The first-order valence-electron chi connectivity index (χ1n) is 4.91. The second kappa shape index (κ2) is 4.22. The molecule has 1 aromatic heterocycles. The number of aromatic amines is 1. The molecule has 3 nitrogen and oxygen atoms in total. The molecule has 2 aromatic rings. The smallest absolute Gasteiger partial charge is 0.179 e. The van der Waals surface area contributed by atoms with Crippen LogP contribution in [0.1, 0.15) is 23.1 Å². The third-order valence-corrected chi connectivity index (χ3v) is 2.81. The van der Waals surface area contributed by atoms with E-state index < -0.39 is 0 Å². The van der Waals surface area contributed by atoms with E-state index in [1.54, 1.807) is 0 Å². The van der Waals surface area contributed by atoms with Crippen LogP contribution in [0.2, 0.25) is 0 Å². The lowest BCUT2D eigenvalue weighted by Gasteiger charge is -1.96. The molecule has 0 fully saturated rings. The minimum absolute atomic E-state index is 0.0185. The van der Waals surface area contributed by atoms with Gasteiger partial charge < -0.3 is 4.98 Å². The zero-order chi connectivity index (χ0) is 11.7. The Morgan fingerprint density at radius 1 is 1.44 bits per heavy atom. The van der Waals surface area contributed by atoms with Gasteiger partial charge in [-0.05, 0) is 19.1 Å². The lowest BCUT2D eigenvalue weighted by Crippen LogP contribution is -1.94. The van der Waals surface area contributed by atoms with E-state index in [2.05, 4.69) is 25.9 Å². The average molecular weight is 279 g/mol. The number of imidazole rings is 1. The van der Waals surface area contributed by atoms with E-state index in [9.17, 15) is 4.79 Å². The molecule has 1 N–H and O–H groups in total. The predicted octanol–water partition coefficient (Wildman–Crippen LogP) is 3.35. The van der Waals surface area contributed by atoms with E-state index in [4.69, 9.17) is 0 Å². The molecule has 0 aliphatic rings. The number of hydrogen-bond donors (Lipinski definition) is 1. The molecule has 0 spiro atoms. The molecule has 2 rings (SSSR count). The van der Waals surface area contributed by atoms with Crippen molar-refractivity contribution in [1.29, 1.82) is 0 Å². The molecule has 0 atom stereocenters. The largest absolute Gasteiger partial charge is 0.341 e. The highest BCUT2D eigenvalue weighted by atomic mass is 79.9. The number of halogens is 1. The third kappa shape index (κ3) is 2.07. The average Bonchev–Trinajstić information content (AvgIpc) is 2.60. The number of ketones is 1. The molecule has 4 heteroatoms. The zero-order valence-corrected chi connectivity index (χ0v) is 10.6. The van der Waals surface area contributed by atoms with Gasteiger partial charge in [0, 0.05) is 22.7 Å². The van der Waals surface area contributed by atoms with Crippen LogP contribution in [0.3, 0.4) is 0 Å². The highest BCUT2D eigenvalue weighted by molar-refractivity contribution is 9.10. The normalized spacial score (nSPS) is 10.4. The molecular weight excluding hydrogens is 268 g/mol. The molecule has 0 bridgehead atoms. The monoisotopic (exact) mass is 278 g/mol. The Morgan fingerprint density at radius 2 is 2.19 bits per heavy atom. The lowest BCUT2D eigenvalue weighted by atomic mass is 10.2. The summed E-state index contributed by atoms with van der Waals surface area (Å²) in [6.07, 6.45) is 0. The van der Waals surface area contributed by atoms with E-state index in [-0.39, 0.29) is 5.78 Å². The van der Waals surface area contributed by atoms with Crippen LogP contribution in [0.15, 0.2) is 28.7 Å². The molecule has 0 saturated heterocycles. The number of benzene rings is 1. The van der Waals surface area contributed by atoms with Crippen molar-refractivity contribution < 1.29 is 4.79 Å². The van der Waals surface area contributed by atoms with Gasteiger partial charge in [0.15, 0.2) is 5.78 Å². The SMILES string of the molecule is CC(=O)c1nc(-c2cccc(Br)c2)[nH]c1C. The second-order valence-electron chi connectivity index (χ2n) is 3.63. The van der Waals surface area contributed by atoms with E-state index in [0.717, 1.165) is 21.6 Å². The number of rotatable bonds is 2. The van der Waals surface area contributed by atoms with Crippen molar-refractivity contribution >= 4 is 21.7 Å². The standard InChI is InChI=1S/C12H11BrN2O/c1-7-11(8(2)16)15-12(14-7)9-4-3-5-10(13)6-9/h3-6H,1-2H3,(H,14,15). The summed E-state index contributed by atoms with van der Waals surface area (Å²) in [6, 6.07) is 7.80. The minimum Gasteiger partial charge on any atom is -0.341 e. The van der Waals surface area contributed by atoms with Crippen molar-refractivity contribution in [2.75, 3.05) is 0 Å². The highest BCUT2D eigenvalue weighted by Crippen LogP contribution is 2.21. The summed E-state index contributed by atoms with van der Waals surface area (Å²) in [5.74, 6) is 0.707. The van der Waals surface area contributed by atoms with Gasteiger partial charge in [-0.2, -0.15) is 0 Å². The summed E-state index contributed by atoms with van der Waals surface area (Å²) in [5.41, 5.74) is 2.28. The molecule has 82 valence electrons. The maximum absolute atomic E-state index is 11.3. The Morgan fingerprint density at radius 3 is 2.75 bits per heavy atom. The van der Waals surface area contributed by atoms with Crippen molar-refractivity contribution in [3.63, 3.8) is 0 Å². The molecule has 0 aliphatic carbocycles. The first-order valence-corrected chi connectivity index (χ1v) is 5.70. The topological polar surface area (TPSA) is 45.8 Å². The number of H-pyrrole nitrogens is 1. The zero-order valence-electron chi connectivity index (χ0n) is 9.04. The molecular formula is C12H11BrN2O. The summed E-state index contributed by atoms with van der Waals surface area (Å²) in [7, 11) is 0. The van der Waals surface area contributed by atoms with Crippen LogP contribution in [0.25, 0.3) is 11.4 Å². The number of carbonyl (C=O) groups excluding carboxylic acids is 1. The van der Waals surface area contributed by atoms with Crippen molar-refractivity contribution in [3.8, 4) is 11.4 Å². The van der Waals surface area contributed by atoms with E-state index in [1.807, 2.05) is 31.2 Å². The molecule has 16 heavy (non-hydrogen) atoms. The maximum Gasteiger partial charge on any atom is 0.179 e. The quantitative estimate of drug-likeness (QED) is 0.857. The molecule has 0 unspecified atom stereocenters. The fourth-order valence-electron chi connectivity index (χ4n) is 1.58. The second-order valence-corrected chi connectivity index (χ2v) is 4.54. The summed E-state index contributed by atoms with van der Waals surface area (Å²) in [6.45, 7) is 3.37. The van der Waals surface area contributed by atoms with Crippen LogP contribution in [-0.4, -0.2) is 15.8 Å². The summed E-state index contributed by atoms with van der Waals surface area (Å²) >= 11 is 3.41. The van der Waals surface area contributed by atoms with Crippen molar-refractivity contribution in [1.82, 2.24) is 9.97 Å². The fourth-order valence-corrected chi connectivity index (χ4v) is 1.97. The Kier molecular flexibility index (Phi) is 2.92. The molecule has 0 aliphatic heterocycles. The number of hydrogen-bond acceptors (Lipinski definition) is 2. The van der Waals surface area contributed by atoms with Crippen LogP contribution in [0, 0.1) is 6.92 Å². The van der Waals surface area contributed by atoms with Crippen molar-refractivity contribution in [3.05, 3.63) is 40.1 Å².